The molecule has 0 aliphatic heterocycles. The van der Waals surface area contributed by atoms with Gasteiger partial charge < -0.3 is 14.8 Å². The maximum absolute atomic E-state index is 12.6. The Morgan fingerprint density at radius 1 is 1.15 bits per heavy atom. The number of nitrogens with zero attached hydrogens (tertiary/aromatic N) is 1. The van der Waals surface area contributed by atoms with E-state index in [-0.39, 0.29) is 18.4 Å². The minimum absolute atomic E-state index is 0.0491. The normalized spacial score (nSPS) is 13.9. The van der Waals surface area contributed by atoms with Crippen molar-refractivity contribution >= 4 is 11.9 Å². The van der Waals surface area contributed by atoms with E-state index >= 15 is 0 Å². The number of methoxy groups -OCH3 is 1. The number of hydrogen-bond acceptors (Lipinski definition) is 5. The Labute approximate surface area is 157 Å². The Bertz CT molecular complexity index is 849. The summed E-state index contributed by atoms with van der Waals surface area (Å²) in [5.74, 6) is -0.142. The lowest BCUT2D eigenvalue weighted by Crippen LogP contribution is -2.33. The van der Waals surface area contributed by atoms with Gasteiger partial charge in [-0.15, -0.1) is 0 Å². The van der Waals surface area contributed by atoms with E-state index in [0.29, 0.717) is 16.9 Å². The van der Waals surface area contributed by atoms with Gasteiger partial charge in [0.05, 0.1) is 25.2 Å². The van der Waals surface area contributed by atoms with E-state index in [1.165, 1.54) is 0 Å². The number of benzene rings is 2. The summed E-state index contributed by atoms with van der Waals surface area (Å²) in [5, 5.41) is 11.8. The molecule has 2 aromatic carbocycles. The van der Waals surface area contributed by atoms with Crippen molar-refractivity contribution < 1.29 is 19.1 Å². The summed E-state index contributed by atoms with van der Waals surface area (Å²) in [7, 11) is 1.57. The molecule has 138 valence electrons. The number of rotatable bonds is 7. The van der Waals surface area contributed by atoms with E-state index < -0.39 is 12.1 Å². The smallest absolute Gasteiger partial charge is 0.311 e. The first-order valence-corrected chi connectivity index (χ1v) is 8.72. The van der Waals surface area contributed by atoms with Crippen molar-refractivity contribution in [3.63, 3.8) is 0 Å². The molecular weight excluding hydrogens is 344 g/mol. The minimum atomic E-state index is -1.04. The van der Waals surface area contributed by atoms with Crippen LogP contribution in [-0.4, -0.2) is 25.0 Å². The average molecular weight is 364 g/mol. The zero-order valence-electron chi connectivity index (χ0n) is 15.0. The van der Waals surface area contributed by atoms with Crippen LogP contribution in [0.15, 0.2) is 48.5 Å². The highest BCUT2D eigenvalue weighted by Gasteiger charge is 2.30. The minimum Gasteiger partial charge on any atom is -0.497 e. The largest absolute Gasteiger partial charge is 0.497 e. The van der Waals surface area contributed by atoms with E-state index in [9.17, 15) is 9.59 Å². The summed E-state index contributed by atoms with van der Waals surface area (Å²) < 4.78 is 10.6. The lowest BCUT2D eigenvalue weighted by atomic mass is 10.1. The zero-order chi connectivity index (χ0) is 19.2. The van der Waals surface area contributed by atoms with Crippen molar-refractivity contribution in [3.8, 4) is 11.8 Å². The van der Waals surface area contributed by atoms with Gasteiger partial charge in [-0.05, 0) is 42.7 Å². The highest BCUT2D eigenvalue weighted by molar-refractivity contribution is 5.86. The molecule has 0 bridgehead atoms. The molecule has 6 nitrogen and oxygen atoms in total. The molecule has 0 radical (unpaired) electrons. The molecule has 3 rings (SSSR count). The summed E-state index contributed by atoms with van der Waals surface area (Å²) in [4.78, 5) is 24.9. The van der Waals surface area contributed by atoms with Crippen LogP contribution in [-0.2, 0) is 20.7 Å². The second-order valence-corrected chi connectivity index (χ2v) is 6.41. The van der Waals surface area contributed by atoms with Crippen LogP contribution in [0.25, 0.3) is 0 Å². The third-order valence-corrected chi connectivity index (χ3v) is 4.26. The Hall–Kier alpha value is -3.33. The number of nitrogens with one attached hydrogen (secondary N) is 1. The van der Waals surface area contributed by atoms with Gasteiger partial charge in [0, 0.05) is 11.6 Å². The van der Waals surface area contributed by atoms with Gasteiger partial charge in [0.15, 0.2) is 0 Å². The Morgan fingerprint density at radius 2 is 1.81 bits per heavy atom. The second-order valence-electron chi connectivity index (χ2n) is 6.41. The number of carbonyl (C=O) groups excluding carboxylic acids is 2. The molecule has 27 heavy (non-hydrogen) atoms. The van der Waals surface area contributed by atoms with E-state index in [1.54, 1.807) is 55.6 Å². The maximum atomic E-state index is 12.6. The van der Waals surface area contributed by atoms with Gasteiger partial charge in [0.1, 0.15) is 5.75 Å². The molecule has 0 spiro atoms. The molecule has 1 amide bonds. The quantitative estimate of drug-likeness (QED) is 0.763. The van der Waals surface area contributed by atoms with Gasteiger partial charge >= 0.3 is 5.97 Å². The first kappa shape index (κ1) is 18.5. The monoisotopic (exact) mass is 364 g/mol. The van der Waals surface area contributed by atoms with Crippen molar-refractivity contribution in [2.45, 2.75) is 31.4 Å². The fourth-order valence-electron chi connectivity index (χ4n) is 2.59. The molecule has 0 aromatic heterocycles. The molecule has 1 fully saturated rings. The lowest BCUT2D eigenvalue weighted by Gasteiger charge is -2.18. The van der Waals surface area contributed by atoms with E-state index in [2.05, 4.69) is 5.32 Å². The molecule has 0 heterocycles. The summed E-state index contributed by atoms with van der Waals surface area (Å²) in [5.41, 5.74) is 1.78. The number of esters is 1. The van der Waals surface area contributed by atoms with E-state index in [4.69, 9.17) is 14.7 Å². The topological polar surface area (TPSA) is 88.4 Å². The van der Waals surface area contributed by atoms with Gasteiger partial charge in [-0.1, -0.05) is 24.3 Å². The van der Waals surface area contributed by atoms with Crippen LogP contribution in [0.1, 0.15) is 35.6 Å². The lowest BCUT2D eigenvalue weighted by molar-refractivity contribution is -0.156. The van der Waals surface area contributed by atoms with Crippen LogP contribution in [0.4, 0.5) is 0 Å². The fraction of sp³-hybridized carbons (Fsp3) is 0.286. The Balaban J connectivity index is 1.71. The molecule has 1 saturated carbocycles. The van der Waals surface area contributed by atoms with Gasteiger partial charge in [-0.25, -0.2) is 0 Å². The summed E-state index contributed by atoms with van der Waals surface area (Å²) in [6.07, 6.45) is 0.883. The first-order chi connectivity index (χ1) is 13.1. The number of ether oxygens (including phenoxy) is 2. The van der Waals surface area contributed by atoms with Gasteiger partial charge in [-0.3, -0.25) is 9.59 Å². The highest BCUT2D eigenvalue weighted by atomic mass is 16.5. The molecule has 1 aliphatic carbocycles. The number of carbonyl (C=O) groups is 2. The molecule has 1 N–H and O–H groups in total. The van der Waals surface area contributed by atoms with Crippen LogP contribution in [0, 0.1) is 11.3 Å². The maximum Gasteiger partial charge on any atom is 0.311 e. The average Bonchev–Trinajstić information content (AvgIpc) is 3.51. The van der Waals surface area contributed by atoms with Crippen LogP contribution in [0.5, 0.6) is 5.75 Å². The van der Waals surface area contributed by atoms with Crippen molar-refractivity contribution in [1.82, 2.24) is 5.32 Å². The van der Waals surface area contributed by atoms with Crippen LogP contribution < -0.4 is 10.1 Å². The molecule has 1 atom stereocenters. The fourth-order valence-corrected chi connectivity index (χ4v) is 2.59. The van der Waals surface area contributed by atoms with Crippen molar-refractivity contribution in [2.75, 3.05) is 7.11 Å². The van der Waals surface area contributed by atoms with Gasteiger partial charge in [0.25, 0.3) is 5.91 Å². The van der Waals surface area contributed by atoms with Gasteiger partial charge in [-0.2, -0.15) is 5.26 Å². The Morgan fingerprint density at radius 3 is 2.37 bits per heavy atom. The summed E-state index contributed by atoms with van der Waals surface area (Å²) in [6, 6.07) is 15.7. The third-order valence-electron chi connectivity index (χ3n) is 4.26. The predicted octanol–water partition coefficient (Wildman–Crippen LogP) is 2.67. The SMILES string of the molecule is COc1ccc(CC(=O)OC(C(=O)NC2CC2)c2ccc(C#N)cc2)cc1. The molecular formula is C21H20N2O4. The van der Waals surface area contributed by atoms with Crippen molar-refractivity contribution in [2.24, 2.45) is 0 Å². The first-order valence-electron chi connectivity index (χ1n) is 8.72. The highest BCUT2D eigenvalue weighted by Crippen LogP contribution is 2.24. The molecule has 6 heteroatoms. The van der Waals surface area contributed by atoms with Crippen molar-refractivity contribution in [1.29, 1.82) is 5.26 Å². The molecule has 1 unspecified atom stereocenters. The summed E-state index contributed by atoms with van der Waals surface area (Å²) >= 11 is 0. The number of nitriles is 1. The van der Waals surface area contributed by atoms with Crippen LogP contribution in [0.3, 0.4) is 0 Å². The predicted molar refractivity (Wildman–Crippen MR) is 97.9 cm³/mol. The molecule has 1 aliphatic rings. The van der Waals surface area contributed by atoms with Crippen molar-refractivity contribution in [3.05, 3.63) is 65.2 Å². The Kier molecular flexibility index (Phi) is 5.72. The van der Waals surface area contributed by atoms with Crippen LogP contribution >= 0.6 is 0 Å². The standard InChI is InChI=1S/C21H20N2O4/c1-26-18-10-4-14(5-11-18)12-19(24)27-20(21(25)23-17-8-9-17)16-6-2-15(13-22)3-7-16/h2-7,10-11,17,20H,8-9,12H2,1H3,(H,23,25). The number of amides is 1. The zero-order valence-corrected chi connectivity index (χ0v) is 15.0. The number of hydrogen-bond donors (Lipinski definition) is 1. The second kappa shape index (κ2) is 8.37. The molecule has 2 aromatic rings. The van der Waals surface area contributed by atoms with E-state index in [0.717, 1.165) is 18.4 Å². The molecule has 0 saturated heterocycles. The van der Waals surface area contributed by atoms with Gasteiger partial charge in [0.2, 0.25) is 6.10 Å². The van der Waals surface area contributed by atoms with Crippen LogP contribution in [0.2, 0.25) is 0 Å². The summed E-state index contributed by atoms with van der Waals surface area (Å²) in [6.45, 7) is 0. The van der Waals surface area contributed by atoms with E-state index in [1.807, 2.05) is 6.07 Å². The third kappa shape index (κ3) is 5.08.